The molecule has 0 spiro atoms. The van der Waals surface area contributed by atoms with Crippen molar-refractivity contribution in [3.05, 3.63) is 99.3 Å². The minimum absolute atomic E-state index is 0. The molecule has 3 aromatic rings. The molecule has 3 aromatic carbocycles. The van der Waals surface area contributed by atoms with E-state index < -0.39 is 0 Å². The maximum Gasteiger partial charge on any atom is 0.126 e. The fourth-order valence-electron chi connectivity index (χ4n) is 2.75. The quantitative estimate of drug-likeness (QED) is 0.406. The Bertz CT molecular complexity index is 904. The van der Waals surface area contributed by atoms with E-state index in [0.717, 1.165) is 16.9 Å². The van der Waals surface area contributed by atoms with E-state index in [2.05, 4.69) is 5.32 Å². The highest BCUT2D eigenvalue weighted by Crippen LogP contribution is 2.25. The van der Waals surface area contributed by atoms with Crippen molar-refractivity contribution in [3.8, 4) is 5.75 Å². The molecule has 0 heterocycles. The number of halogens is 4. The second-order valence-corrected chi connectivity index (χ2v) is 6.99. The molecule has 0 radical (unpaired) electrons. The van der Waals surface area contributed by atoms with Crippen LogP contribution in [0.25, 0.3) is 0 Å². The first-order valence-corrected chi connectivity index (χ1v) is 9.48. The highest BCUT2D eigenvalue weighted by Gasteiger charge is 2.07. The number of hydrogen-bond acceptors (Lipinski definition) is 2. The molecular weight excluding hydrogens is 420 g/mol. The van der Waals surface area contributed by atoms with Crippen molar-refractivity contribution in [1.29, 1.82) is 0 Å². The highest BCUT2D eigenvalue weighted by atomic mass is 35.5. The van der Waals surface area contributed by atoms with Crippen molar-refractivity contribution in [2.24, 2.45) is 0 Å². The van der Waals surface area contributed by atoms with Crippen LogP contribution in [0.3, 0.4) is 0 Å². The van der Waals surface area contributed by atoms with Crippen LogP contribution in [0.1, 0.15) is 16.7 Å². The van der Waals surface area contributed by atoms with Gasteiger partial charge in [-0.3, -0.25) is 0 Å². The van der Waals surface area contributed by atoms with Gasteiger partial charge in [0.25, 0.3) is 0 Å². The Hall–Kier alpha value is -1.78. The van der Waals surface area contributed by atoms with Gasteiger partial charge >= 0.3 is 0 Å². The predicted molar refractivity (Wildman–Crippen MR) is 116 cm³/mol. The molecule has 0 aliphatic rings. The van der Waals surface area contributed by atoms with Gasteiger partial charge in [-0.1, -0.05) is 59.6 Å². The molecule has 148 valence electrons. The maximum absolute atomic E-state index is 13.7. The largest absolute Gasteiger partial charge is 0.489 e. The summed E-state index contributed by atoms with van der Waals surface area (Å²) in [7, 11) is 0. The summed E-state index contributed by atoms with van der Waals surface area (Å²) in [5, 5.41) is 4.64. The number of nitrogens with one attached hydrogen (secondary N) is 1. The first-order valence-electron chi connectivity index (χ1n) is 8.72. The van der Waals surface area contributed by atoms with E-state index in [1.807, 2.05) is 42.5 Å². The molecule has 1 N–H and O–H groups in total. The summed E-state index contributed by atoms with van der Waals surface area (Å²) >= 11 is 12.3. The fraction of sp³-hybridized carbons (Fsp3) is 0.182. The normalized spacial score (nSPS) is 10.4. The molecule has 0 amide bonds. The maximum atomic E-state index is 13.7. The molecule has 3 rings (SSSR count). The molecule has 0 fully saturated rings. The number of benzene rings is 3. The van der Waals surface area contributed by atoms with Crippen LogP contribution in [0.4, 0.5) is 4.39 Å². The number of rotatable bonds is 8. The smallest absolute Gasteiger partial charge is 0.126 e. The Morgan fingerprint density at radius 1 is 0.857 bits per heavy atom. The third-order valence-electron chi connectivity index (χ3n) is 4.21. The van der Waals surface area contributed by atoms with E-state index in [-0.39, 0.29) is 18.2 Å². The first kappa shape index (κ1) is 22.5. The Morgan fingerprint density at radius 2 is 1.57 bits per heavy atom. The molecular formula is C22H21Cl3FNO. The Morgan fingerprint density at radius 3 is 2.32 bits per heavy atom. The molecule has 0 bridgehead atoms. The zero-order chi connectivity index (χ0) is 19.1. The summed E-state index contributed by atoms with van der Waals surface area (Å²) in [6.45, 7) is 1.60. The Kier molecular flexibility index (Phi) is 9.07. The average molecular weight is 441 g/mol. The third kappa shape index (κ3) is 6.39. The lowest BCUT2D eigenvalue weighted by Crippen LogP contribution is -2.17. The monoisotopic (exact) mass is 439 g/mol. The van der Waals surface area contributed by atoms with E-state index >= 15 is 0 Å². The van der Waals surface area contributed by atoms with Gasteiger partial charge in [0, 0.05) is 27.7 Å². The van der Waals surface area contributed by atoms with Gasteiger partial charge in [0.2, 0.25) is 0 Å². The average Bonchev–Trinajstić information content (AvgIpc) is 2.67. The van der Waals surface area contributed by atoms with Crippen LogP contribution >= 0.6 is 35.6 Å². The molecule has 0 saturated heterocycles. The van der Waals surface area contributed by atoms with Crippen LogP contribution in [-0.4, -0.2) is 6.54 Å². The van der Waals surface area contributed by atoms with Gasteiger partial charge in [-0.2, -0.15) is 0 Å². The fourth-order valence-corrected chi connectivity index (χ4v) is 3.13. The van der Waals surface area contributed by atoms with Gasteiger partial charge in [-0.15, -0.1) is 12.4 Å². The SMILES string of the molecule is Cl.Fc1ccccc1CCNCc1cc(Cl)ccc1OCc1ccccc1Cl. The molecule has 0 aliphatic heterocycles. The molecule has 0 atom stereocenters. The molecule has 6 heteroatoms. The van der Waals surface area contributed by atoms with Crippen molar-refractivity contribution in [1.82, 2.24) is 5.32 Å². The van der Waals surface area contributed by atoms with Crippen LogP contribution < -0.4 is 10.1 Å². The lowest BCUT2D eigenvalue weighted by atomic mass is 10.1. The third-order valence-corrected chi connectivity index (χ3v) is 4.81. The van der Waals surface area contributed by atoms with E-state index in [1.165, 1.54) is 6.07 Å². The summed E-state index contributed by atoms with van der Waals surface area (Å²) in [5.41, 5.74) is 2.57. The predicted octanol–water partition coefficient (Wildman–Crippen LogP) is 6.47. The van der Waals surface area contributed by atoms with Gasteiger partial charge in [-0.25, -0.2) is 4.39 Å². The van der Waals surface area contributed by atoms with Crippen LogP contribution in [0, 0.1) is 5.82 Å². The van der Waals surface area contributed by atoms with E-state index in [4.69, 9.17) is 27.9 Å². The Balaban J connectivity index is 0.00000280. The summed E-state index contributed by atoms with van der Waals surface area (Å²) in [6, 6.07) is 19.9. The van der Waals surface area contributed by atoms with E-state index in [9.17, 15) is 4.39 Å². The molecule has 0 aliphatic carbocycles. The minimum atomic E-state index is -0.175. The highest BCUT2D eigenvalue weighted by molar-refractivity contribution is 6.31. The molecule has 2 nitrogen and oxygen atoms in total. The van der Waals surface area contributed by atoms with Crippen molar-refractivity contribution < 1.29 is 9.13 Å². The lowest BCUT2D eigenvalue weighted by molar-refractivity contribution is 0.302. The van der Waals surface area contributed by atoms with E-state index in [1.54, 1.807) is 18.2 Å². The molecule has 0 saturated carbocycles. The standard InChI is InChI=1S/C22H20Cl2FNO.ClH/c23-19-9-10-22(27-15-17-6-1-3-7-20(17)24)18(13-19)14-26-12-11-16-5-2-4-8-21(16)25;/h1-10,13,26H,11-12,14-15H2;1H. The zero-order valence-corrected chi connectivity index (χ0v) is 17.5. The van der Waals surface area contributed by atoms with Crippen LogP contribution in [0.5, 0.6) is 5.75 Å². The lowest BCUT2D eigenvalue weighted by Gasteiger charge is -2.14. The topological polar surface area (TPSA) is 21.3 Å². The van der Waals surface area contributed by atoms with Crippen LogP contribution in [0.2, 0.25) is 10.0 Å². The van der Waals surface area contributed by atoms with Crippen LogP contribution in [-0.2, 0) is 19.6 Å². The number of hydrogen-bond donors (Lipinski definition) is 1. The van der Waals surface area contributed by atoms with Crippen molar-refractivity contribution in [2.75, 3.05) is 6.54 Å². The Labute approximate surface area is 181 Å². The van der Waals surface area contributed by atoms with Gasteiger partial charge < -0.3 is 10.1 Å². The summed E-state index contributed by atoms with van der Waals surface area (Å²) in [5.74, 6) is 0.573. The second kappa shape index (κ2) is 11.3. The first-order chi connectivity index (χ1) is 13.1. The van der Waals surface area contributed by atoms with Gasteiger partial charge in [0.05, 0.1) is 0 Å². The van der Waals surface area contributed by atoms with E-state index in [0.29, 0.717) is 41.7 Å². The number of ether oxygens (including phenoxy) is 1. The summed E-state index contributed by atoms with van der Waals surface area (Å²) < 4.78 is 19.6. The summed E-state index contributed by atoms with van der Waals surface area (Å²) in [4.78, 5) is 0. The van der Waals surface area contributed by atoms with Gasteiger partial charge in [0.1, 0.15) is 18.2 Å². The molecule has 28 heavy (non-hydrogen) atoms. The molecule has 0 unspecified atom stereocenters. The van der Waals surface area contributed by atoms with Crippen molar-refractivity contribution in [3.63, 3.8) is 0 Å². The van der Waals surface area contributed by atoms with Crippen LogP contribution in [0.15, 0.2) is 66.7 Å². The molecule has 0 aromatic heterocycles. The van der Waals surface area contributed by atoms with Gasteiger partial charge in [0.15, 0.2) is 0 Å². The van der Waals surface area contributed by atoms with Gasteiger partial charge in [-0.05, 0) is 48.9 Å². The second-order valence-electron chi connectivity index (χ2n) is 6.15. The summed E-state index contributed by atoms with van der Waals surface area (Å²) in [6.07, 6.45) is 0.614. The zero-order valence-electron chi connectivity index (χ0n) is 15.1. The minimum Gasteiger partial charge on any atom is -0.489 e. The van der Waals surface area contributed by atoms with Crippen molar-refractivity contribution in [2.45, 2.75) is 19.6 Å². The van der Waals surface area contributed by atoms with Crippen molar-refractivity contribution >= 4 is 35.6 Å².